The van der Waals surface area contributed by atoms with E-state index in [0.717, 1.165) is 25.2 Å². The van der Waals surface area contributed by atoms with Crippen LogP contribution in [-0.2, 0) is 11.3 Å². The lowest BCUT2D eigenvalue weighted by Gasteiger charge is -2.10. The van der Waals surface area contributed by atoms with Crippen LogP contribution in [0.5, 0.6) is 0 Å². The van der Waals surface area contributed by atoms with Gasteiger partial charge in [-0.25, -0.2) is 9.78 Å². The second-order valence-electron chi connectivity index (χ2n) is 4.60. The number of ether oxygens (including phenoxy) is 1. The maximum atomic E-state index is 11.8. The molecule has 6 nitrogen and oxygen atoms in total. The molecule has 1 aromatic carbocycles. The number of aromatic nitrogens is 2. The molecule has 0 amide bonds. The number of carbonyl (C=O) groups excluding carboxylic acids is 1. The standard InChI is InChI=1S/C15H20N4O2/c1-2-21-15(20)13-10-12(4-5-14(13)16)18-6-3-8-19-9-7-17-11-19/h4-5,7,9-11,18H,2-3,6,8,16H2,1H3. The van der Waals surface area contributed by atoms with Gasteiger partial charge < -0.3 is 20.4 Å². The van der Waals surface area contributed by atoms with Crippen molar-refractivity contribution in [3.05, 3.63) is 42.5 Å². The fourth-order valence-corrected chi connectivity index (χ4v) is 1.97. The summed E-state index contributed by atoms with van der Waals surface area (Å²) < 4.78 is 7.00. The van der Waals surface area contributed by atoms with Gasteiger partial charge in [0, 0.05) is 36.9 Å². The van der Waals surface area contributed by atoms with Crippen molar-refractivity contribution in [1.29, 1.82) is 0 Å². The summed E-state index contributed by atoms with van der Waals surface area (Å²) >= 11 is 0. The maximum absolute atomic E-state index is 11.8. The lowest BCUT2D eigenvalue weighted by Crippen LogP contribution is -2.10. The van der Waals surface area contributed by atoms with E-state index >= 15 is 0 Å². The van der Waals surface area contributed by atoms with Gasteiger partial charge in [0.1, 0.15) is 0 Å². The fraction of sp³-hybridized carbons (Fsp3) is 0.333. The highest BCUT2D eigenvalue weighted by Gasteiger charge is 2.11. The molecule has 2 aromatic rings. The third-order valence-electron chi connectivity index (χ3n) is 3.03. The summed E-state index contributed by atoms with van der Waals surface area (Å²) in [6.45, 7) is 3.80. The molecule has 0 bridgehead atoms. The molecule has 112 valence electrons. The summed E-state index contributed by atoms with van der Waals surface area (Å²) in [7, 11) is 0. The molecule has 0 atom stereocenters. The van der Waals surface area contributed by atoms with E-state index in [9.17, 15) is 4.79 Å². The Balaban J connectivity index is 1.88. The van der Waals surface area contributed by atoms with Gasteiger partial charge in [-0.1, -0.05) is 0 Å². The Hall–Kier alpha value is -2.50. The van der Waals surface area contributed by atoms with Gasteiger partial charge in [0.25, 0.3) is 0 Å². The summed E-state index contributed by atoms with van der Waals surface area (Å²) in [5.41, 5.74) is 7.49. The van der Waals surface area contributed by atoms with Crippen molar-refractivity contribution >= 4 is 17.3 Å². The van der Waals surface area contributed by atoms with Gasteiger partial charge in [0.05, 0.1) is 18.5 Å². The smallest absolute Gasteiger partial charge is 0.340 e. The third-order valence-corrected chi connectivity index (χ3v) is 3.03. The summed E-state index contributed by atoms with van der Waals surface area (Å²) in [6, 6.07) is 5.30. The number of imidazole rings is 1. The number of aryl methyl sites for hydroxylation is 1. The minimum absolute atomic E-state index is 0.334. The summed E-state index contributed by atoms with van der Waals surface area (Å²) in [5.74, 6) is -0.392. The van der Waals surface area contributed by atoms with Crippen molar-refractivity contribution in [3.63, 3.8) is 0 Å². The van der Waals surface area contributed by atoms with E-state index in [1.54, 1.807) is 31.6 Å². The average molecular weight is 288 g/mol. The minimum Gasteiger partial charge on any atom is -0.462 e. The summed E-state index contributed by atoms with van der Waals surface area (Å²) in [5, 5.41) is 3.27. The summed E-state index contributed by atoms with van der Waals surface area (Å²) in [6.07, 6.45) is 6.44. The fourth-order valence-electron chi connectivity index (χ4n) is 1.97. The number of nitrogen functional groups attached to an aromatic ring is 1. The Bertz CT molecular complexity index is 581. The second kappa shape index (κ2) is 7.33. The summed E-state index contributed by atoms with van der Waals surface area (Å²) in [4.78, 5) is 15.8. The van der Waals surface area contributed by atoms with Crippen molar-refractivity contribution in [3.8, 4) is 0 Å². The Morgan fingerprint density at radius 3 is 3.05 bits per heavy atom. The molecule has 1 heterocycles. The van der Waals surface area contributed by atoms with Crippen LogP contribution in [-0.4, -0.2) is 28.7 Å². The van der Waals surface area contributed by atoms with Gasteiger partial charge in [0.15, 0.2) is 0 Å². The normalized spacial score (nSPS) is 10.3. The van der Waals surface area contributed by atoms with Gasteiger partial charge in [0.2, 0.25) is 0 Å². The number of rotatable bonds is 7. The van der Waals surface area contributed by atoms with Crippen molar-refractivity contribution in [2.45, 2.75) is 19.9 Å². The quantitative estimate of drug-likeness (QED) is 0.463. The predicted molar refractivity (Wildman–Crippen MR) is 82.1 cm³/mol. The van der Waals surface area contributed by atoms with Crippen molar-refractivity contribution < 1.29 is 9.53 Å². The van der Waals surface area contributed by atoms with Gasteiger partial charge in [-0.05, 0) is 31.5 Å². The van der Waals surface area contributed by atoms with E-state index in [2.05, 4.69) is 10.3 Å². The Labute approximate surface area is 123 Å². The average Bonchev–Trinajstić information content (AvgIpc) is 2.98. The zero-order valence-electron chi connectivity index (χ0n) is 12.1. The van der Waals surface area contributed by atoms with Crippen LogP contribution in [0.25, 0.3) is 0 Å². The van der Waals surface area contributed by atoms with E-state index in [4.69, 9.17) is 10.5 Å². The zero-order valence-corrected chi connectivity index (χ0v) is 12.1. The topological polar surface area (TPSA) is 82.2 Å². The maximum Gasteiger partial charge on any atom is 0.340 e. The SMILES string of the molecule is CCOC(=O)c1cc(NCCCn2ccnc2)ccc1N. The van der Waals surface area contributed by atoms with Crippen LogP contribution >= 0.6 is 0 Å². The number of anilines is 2. The molecule has 3 N–H and O–H groups in total. The van der Waals surface area contributed by atoms with Crippen LogP contribution in [0.4, 0.5) is 11.4 Å². The third kappa shape index (κ3) is 4.24. The number of nitrogens with zero attached hydrogens (tertiary/aromatic N) is 2. The monoisotopic (exact) mass is 288 g/mol. The van der Waals surface area contributed by atoms with Crippen molar-refractivity contribution in [2.24, 2.45) is 0 Å². The molecular weight excluding hydrogens is 268 g/mol. The number of carbonyl (C=O) groups is 1. The minimum atomic E-state index is -0.392. The zero-order chi connectivity index (χ0) is 15.1. The number of hydrogen-bond acceptors (Lipinski definition) is 5. The predicted octanol–water partition coefficient (Wildman–Crippen LogP) is 2.14. The Morgan fingerprint density at radius 1 is 1.48 bits per heavy atom. The van der Waals surface area contributed by atoms with Crippen LogP contribution in [0.1, 0.15) is 23.7 Å². The molecule has 2 rings (SSSR count). The van der Waals surface area contributed by atoms with Gasteiger partial charge in [-0.2, -0.15) is 0 Å². The van der Waals surface area contributed by atoms with Crippen LogP contribution < -0.4 is 11.1 Å². The largest absolute Gasteiger partial charge is 0.462 e. The molecule has 0 aliphatic heterocycles. The molecule has 6 heteroatoms. The van der Waals surface area contributed by atoms with E-state index in [1.165, 1.54) is 0 Å². The van der Waals surface area contributed by atoms with E-state index in [1.807, 2.05) is 16.8 Å². The Kier molecular flexibility index (Phi) is 5.20. The lowest BCUT2D eigenvalue weighted by atomic mass is 10.1. The molecule has 0 unspecified atom stereocenters. The molecule has 0 radical (unpaired) electrons. The van der Waals surface area contributed by atoms with E-state index in [0.29, 0.717) is 17.9 Å². The first-order chi connectivity index (χ1) is 10.2. The highest BCUT2D eigenvalue weighted by Crippen LogP contribution is 2.19. The van der Waals surface area contributed by atoms with Crippen LogP contribution in [0, 0.1) is 0 Å². The highest BCUT2D eigenvalue weighted by atomic mass is 16.5. The molecule has 0 aliphatic carbocycles. The molecule has 0 spiro atoms. The van der Waals surface area contributed by atoms with E-state index < -0.39 is 5.97 Å². The van der Waals surface area contributed by atoms with Crippen molar-refractivity contribution in [1.82, 2.24) is 9.55 Å². The molecule has 21 heavy (non-hydrogen) atoms. The van der Waals surface area contributed by atoms with Crippen LogP contribution in [0.15, 0.2) is 36.9 Å². The number of hydrogen-bond donors (Lipinski definition) is 2. The first-order valence-electron chi connectivity index (χ1n) is 6.97. The van der Waals surface area contributed by atoms with Crippen molar-refractivity contribution in [2.75, 3.05) is 24.2 Å². The van der Waals surface area contributed by atoms with E-state index in [-0.39, 0.29) is 0 Å². The highest BCUT2D eigenvalue weighted by molar-refractivity contribution is 5.96. The number of esters is 1. The number of nitrogens with one attached hydrogen (secondary N) is 1. The Morgan fingerprint density at radius 2 is 2.33 bits per heavy atom. The molecular formula is C15H20N4O2. The first-order valence-corrected chi connectivity index (χ1v) is 6.97. The molecule has 0 saturated carbocycles. The molecule has 1 aromatic heterocycles. The molecule has 0 fully saturated rings. The molecule has 0 aliphatic rings. The van der Waals surface area contributed by atoms with Crippen LogP contribution in [0.3, 0.4) is 0 Å². The number of nitrogens with two attached hydrogens (primary N) is 1. The second-order valence-corrected chi connectivity index (χ2v) is 4.60. The first kappa shape index (κ1) is 14.9. The van der Waals surface area contributed by atoms with Gasteiger partial charge in [-0.15, -0.1) is 0 Å². The van der Waals surface area contributed by atoms with Crippen LogP contribution in [0.2, 0.25) is 0 Å². The lowest BCUT2D eigenvalue weighted by molar-refractivity contribution is 0.0527. The number of benzene rings is 1. The molecule has 0 saturated heterocycles. The van der Waals surface area contributed by atoms with Gasteiger partial charge in [-0.3, -0.25) is 0 Å². The van der Waals surface area contributed by atoms with Gasteiger partial charge >= 0.3 is 5.97 Å².